The smallest absolute Gasteiger partial charge is 0.265 e. The number of halogens is 2. The van der Waals surface area contributed by atoms with Crippen molar-refractivity contribution in [1.82, 2.24) is 0 Å². The Labute approximate surface area is 150 Å². The van der Waals surface area contributed by atoms with Crippen LogP contribution in [0.3, 0.4) is 0 Å². The maximum absolute atomic E-state index is 12.3. The molecule has 0 aliphatic heterocycles. The predicted molar refractivity (Wildman–Crippen MR) is 99.1 cm³/mol. The second-order valence-corrected chi connectivity index (χ2v) is 6.23. The molecule has 3 aromatic carbocycles. The molecule has 0 aromatic heterocycles. The molecule has 1 atom stereocenters. The lowest BCUT2D eigenvalue weighted by atomic mass is 10.1. The Morgan fingerprint density at radius 2 is 1.75 bits per heavy atom. The molecule has 0 aliphatic carbocycles. The van der Waals surface area contributed by atoms with Gasteiger partial charge in [0.1, 0.15) is 5.75 Å². The summed E-state index contributed by atoms with van der Waals surface area (Å²) in [5.41, 5.74) is 0.500. The molecule has 0 bridgehead atoms. The number of hydrogen-bond donors (Lipinski definition) is 1. The molecule has 1 N–H and O–H groups in total. The topological polar surface area (TPSA) is 38.3 Å². The van der Waals surface area contributed by atoms with Gasteiger partial charge in [-0.3, -0.25) is 4.79 Å². The molecule has 0 aliphatic rings. The molecule has 1 amide bonds. The molecule has 0 spiro atoms. The molecule has 0 fully saturated rings. The van der Waals surface area contributed by atoms with Crippen LogP contribution in [-0.4, -0.2) is 12.0 Å². The summed E-state index contributed by atoms with van der Waals surface area (Å²) in [6.07, 6.45) is -0.669. The van der Waals surface area contributed by atoms with E-state index in [4.69, 9.17) is 27.9 Å². The number of nitrogens with one attached hydrogen (secondary N) is 1. The van der Waals surface area contributed by atoms with Crippen molar-refractivity contribution in [3.63, 3.8) is 0 Å². The van der Waals surface area contributed by atoms with Gasteiger partial charge in [0, 0.05) is 5.02 Å². The van der Waals surface area contributed by atoms with Gasteiger partial charge in [0.15, 0.2) is 6.10 Å². The summed E-state index contributed by atoms with van der Waals surface area (Å²) in [7, 11) is 0. The zero-order valence-corrected chi connectivity index (χ0v) is 14.4. The van der Waals surface area contributed by atoms with Gasteiger partial charge in [0.2, 0.25) is 0 Å². The van der Waals surface area contributed by atoms with Crippen molar-refractivity contribution < 1.29 is 9.53 Å². The van der Waals surface area contributed by atoms with E-state index in [0.29, 0.717) is 21.5 Å². The van der Waals surface area contributed by atoms with Crippen LogP contribution >= 0.6 is 23.2 Å². The van der Waals surface area contributed by atoms with E-state index in [9.17, 15) is 4.79 Å². The number of carbonyl (C=O) groups is 1. The van der Waals surface area contributed by atoms with Gasteiger partial charge < -0.3 is 10.1 Å². The third-order valence-corrected chi connectivity index (χ3v) is 4.14. The summed E-state index contributed by atoms with van der Waals surface area (Å²) in [5.74, 6) is 0.353. The lowest BCUT2D eigenvalue weighted by Gasteiger charge is -2.16. The van der Waals surface area contributed by atoms with Gasteiger partial charge in [-0.15, -0.1) is 0 Å². The summed E-state index contributed by atoms with van der Waals surface area (Å²) < 4.78 is 5.74. The standard InChI is InChI=1S/C19H15Cl2NO2/c1-12(19(23)22-18-9-7-15(20)11-17(18)21)24-16-8-6-13-4-2-3-5-14(13)10-16/h2-12H,1H3,(H,22,23). The van der Waals surface area contributed by atoms with Crippen LogP contribution in [0.15, 0.2) is 60.7 Å². The molecule has 0 radical (unpaired) electrons. The fourth-order valence-electron chi connectivity index (χ4n) is 2.32. The van der Waals surface area contributed by atoms with Crippen LogP contribution in [0.5, 0.6) is 5.75 Å². The normalized spacial score (nSPS) is 12.0. The first-order valence-corrected chi connectivity index (χ1v) is 8.20. The van der Waals surface area contributed by atoms with Crippen LogP contribution in [0.1, 0.15) is 6.92 Å². The molecule has 5 heteroatoms. The van der Waals surface area contributed by atoms with Gasteiger partial charge in [-0.2, -0.15) is 0 Å². The summed E-state index contributed by atoms with van der Waals surface area (Å²) in [6, 6.07) is 18.6. The van der Waals surface area contributed by atoms with Crippen LogP contribution in [0.25, 0.3) is 10.8 Å². The van der Waals surface area contributed by atoms with Crippen LogP contribution in [0.2, 0.25) is 10.0 Å². The molecule has 3 rings (SSSR count). The minimum absolute atomic E-state index is 0.285. The fraction of sp³-hybridized carbons (Fsp3) is 0.105. The van der Waals surface area contributed by atoms with Crippen molar-refractivity contribution in [2.24, 2.45) is 0 Å². The summed E-state index contributed by atoms with van der Waals surface area (Å²) >= 11 is 11.9. The fourth-order valence-corrected chi connectivity index (χ4v) is 2.78. The minimum atomic E-state index is -0.669. The number of anilines is 1. The molecule has 3 nitrogen and oxygen atoms in total. The van der Waals surface area contributed by atoms with Crippen LogP contribution in [0, 0.1) is 0 Å². The van der Waals surface area contributed by atoms with Gasteiger partial charge in [-0.25, -0.2) is 0 Å². The Bertz CT molecular complexity index is 895. The van der Waals surface area contributed by atoms with Gasteiger partial charge >= 0.3 is 0 Å². The highest BCUT2D eigenvalue weighted by Gasteiger charge is 2.16. The SMILES string of the molecule is CC(Oc1ccc2ccccc2c1)C(=O)Nc1ccc(Cl)cc1Cl. The maximum atomic E-state index is 12.3. The van der Waals surface area contributed by atoms with Crippen LogP contribution in [-0.2, 0) is 4.79 Å². The highest BCUT2D eigenvalue weighted by atomic mass is 35.5. The average molecular weight is 360 g/mol. The summed E-state index contributed by atoms with van der Waals surface area (Å²) in [5, 5.41) is 5.81. The van der Waals surface area contributed by atoms with Crippen molar-refractivity contribution in [1.29, 1.82) is 0 Å². The first-order valence-electron chi connectivity index (χ1n) is 7.44. The highest BCUT2D eigenvalue weighted by molar-refractivity contribution is 6.36. The second kappa shape index (κ2) is 7.12. The van der Waals surface area contributed by atoms with E-state index in [0.717, 1.165) is 10.8 Å². The summed E-state index contributed by atoms with van der Waals surface area (Å²) in [6.45, 7) is 1.69. The average Bonchev–Trinajstić information content (AvgIpc) is 2.57. The monoisotopic (exact) mass is 359 g/mol. The number of amides is 1. The molecule has 0 saturated carbocycles. The van der Waals surface area contributed by atoms with Crippen LogP contribution in [0.4, 0.5) is 5.69 Å². The van der Waals surface area contributed by atoms with Gasteiger partial charge in [0.05, 0.1) is 10.7 Å². The Morgan fingerprint density at radius 1 is 1.00 bits per heavy atom. The molecular formula is C19H15Cl2NO2. The van der Waals surface area contributed by atoms with Crippen molar-refractivity contribution in [3.8, 4) is 5.75 Å². The number of benzene rings is 3. The van der Waals surface area contributed by atoms with Gasteiger partial charge in [0.25, 0.3) is 5.91 Å². The van der Waals surface area contributed by atoms with E-state index < -0.39 is 6.10 Å². The quantitative estimate of drug-likeness (QED) is 0.662. The zero-order valence-electron chi connectivity index (χ0n) is 12.9. The number of hydrogen-bond acceptors (Lipinski definition) is 2. The van der Waals surface area contributed by atoms with Crippen LogP contribution < -0.4 is 10.1 Å². The molecule has 122 valence electrons. The molecule has 3 aromatic rings. The number of rotatable bonds is 4. The van der Waals surface area contributed by atoms with Crippen molar-refractivity contribution >= 4 is 45.6 Å². The maximum Gasteiger partial charge on any atom is 0.265 e. The van der Waals surface area contributed by atoms with E-state index in [1.165, 1.54) is 0 Å². The zero-order chi connectivity index (χ0) is 17.1. The molecule has 1 unspecified atom stereocenters. The number of carbonyl (C=O) groups excluding carboxylic acids is 1. The Balaban J connectivity index is 1.70. The first kappa shape index (κ1) is 16.6. The van der Waals surface area contributed by atoms with Gasteiger partial charge in [-0.1, -0.05) is 53.5 Å². The number of ether oxygens (including phenoxy) is 1. The Morgan fingerprint density at radius 3 is 2.50 bits per heavy atom. The third kappa shape index (κ3) is 3.81. The Hall–Kier alpha value is -2.23. The summed E-state index contributed by atoms with van der Waals surface area (Å²) in [4.78, 5) is 12.3. The van der Waals surface area contributed by atoms with E-state index in [1.807, 2.05) is 42.5 Å². The Kier molecular flexibility index (Phi) is 4.93. The third-order valence-electron chi connectivity index (χ3n) is 3.59. The van der Waals surface area contributed by atoms with Crippen molar-refractivity contribution in [2.75, 3.05) is 5.32 Å². The van der Waals surface area contributed by atoms with E-state index >= 15 is 0 Å². The highest BCUT2D eigenvalue weighted by Crippen LogP contribution is 2.26. The minimum Gasteiger partial charge on any atom is -0.481 e. The lowest BCUT2D eigenvalue weighted by molar-refractivity contribution is -0.122. The molecule has 24 heavy (non-hydrogen) atoms. The predicted octanol–water partition coefficient (Wildman–Crippen LogP) is 5.55. The lowest BCUT2D eigenvalue weighted by Crippen LogP contribution is -2.30. The first-order chi connectivity index (χ1) is 11.5. The van der Waals surface area contributed by atoms with E-state index in [2.05, 4.69) is 5.32 Å². The van der Waals surface area contributed by atoms with E-state index in [-0.39, 0.29) is 5.91 Å². The largest absolute Gasteiger partial charge is 0.481 e. The van der Waals surface area contributed by atoms with Crippen molar-refractivity contribution in [2.45, 2.75) is 13.0 Å². The molecule has 0 saturated heterocycles. The molecular weight excluding hydrogens is 345 g/mol. The second-order valence-electron chi connectivity index (χ2n) is 5.38. The van der Waals surface area contributed by atoms with Crippen molar-refractivity contribution in [3.05, 3.63) is 70.7 Å². The number of fused-ring (bicyclic) bond motifs is 1. The molecule has 0 heterocycles. The van der Waals surface area contributed by atoms with Gasteiger partial charge in [-0.05, 0) is 48.0 Å². The van der Waals surface area contributed by atoms with E-state index in [1.54, 1.807) is 25.1 Å².